The molecule has 6 heteroatoms. The number of halogens is 2. The van der Waals surface area contributed by atoms with Crippen molar-refractivity contribution in [1.29, 1.82) is 0 Å². The summed E-state index contributed by atoms with van der Waals surface area (Å²) in [5.74, 6) is -2.15. The van der Waals surface area contributed by atoms with Gasteiger partial charge in [0, 0.05) is 10.6 Å². The van der Waals surface area contributed by atoms with Crippen molar-refractivity contribution >= 4 is 17.7 Å². The fraction of sp³-hybridized carbons (Fsp3) is 0.133. The number of rotatable bonds is 5. The Morgan fingerprint density at radius 3 is 2.57 bits per heavy atom. The van der Waals surface area contributed by atoms with Crippen molar-refractivity contribution in [2.45, 2.75) is 10.6 Å². The van der Waals surface area contributed by atoms with Crippen LogP contribution in [0.1, 0.15) is 15.9 Å². The van der Waals surface area contributed by atoms with E-state index in [4.69, 9.17) is 9.84 Å². The van der Waals surface area contributed by atoms with Gasteiger partial charge in [0.25, 0.3) is 0 Å². The maximum Gasteiger partial charge on any atom is 0.339 e. The van der Waals surface area contributed by atoms with E-state index in [1.54, 1.807) is 12.1 Å². The number of carbonyl (C=O) groups is 1. The smallest absolute Gasteiger partial charge is 0.339 e. The van der Waals surface area contributed by atoms with Gasteiger partial charge in [-0.2, -0.15) is 0 Å². The maximum atomic E-state index is 13.1. The third-order valence-electron chi connectivity index (χ3n) is 2.79. The highest BCUT2D eigenvalue weighted by Crippen LogP contribution is 2.27. The summed E-state index contributed by atoms with van der Waals surface area (Å²) in [4.78, 5) is 11.7. The van der Waals surface area contributed by atoms with Crippen LogP contribution in [-0.4, -0.2) is 18.2 Å². The Morgan fingerprint density at radius 1 is 1.19 bits per heavy atom. The van der Waals surface area contributed by atoms with Gasteiger partial charge in [-0.15, -0.1) is 11.8 Å². The van der Waals surface area contributed by atoms with Crippen LogP contribution in [0, 0.1) is 11.6 Å². The van der Waals surface area contributed by atoms with E-state index in [0.717, 1.165) is 17.7 Å². The van der Waals surface area contributed by atoms with Gasteiger partial charge in [-0.25, -0.2) is 13.6 Å². The average Bonchev–Trinajstić information content (AvgIpc) is 2.48. The Bertz CT molecular complexity index is 674. The van der Waals surface area contributed by atoms with Crippen LogP contribution in [0.15, 0.2) is 41.3 Å². The monoisotopic (exact) mass is 310 g/mol. The molecule has 0 aliphatic carbocycles. The summed E-state index contributed by atoms with van der Waals surface area (Å²) in [5.41, 5.74) is 0.823. The third kappa shape index (κ3) is 3.72. The first-order valence-electron chi connectivity index (χ1n) is 5.99. The number of carboxylic acids is 1. The Hall–Kier alpha value is -2.08. The number of benzene rings is 2. The number of aromatic carboxylic acids is 1. The molecule has 0 fully saturated rings. The van der Waals surface area contributed by atoms with Crippen LogP contribution >= 0.6 is 11.8 Å². The van der Waals surface area contributed by atoms with E-state index in [1.807, 2.05) is 0 Å². The molecule has 0 saturated heterocycles. The van der Waals surface area contributed by atoms with Gasteiger partial charge in [-0.3, -0.25) is 0 Å². The van der Waals surface area contributed by atoms with Crippen molar-refractivity contribution in [2.24, 2.45) is 0 Å². The van der Waals surface area contributed by atoms with E-state index < -0.39 is 17.6 Å². The zero-order valence-electron chi connectivity index (χ0n) is 11.1. The van der Waals surface area contributed by atoms with Crippen LogP contribution in [0.5, 0.6) is 5.75 Å². The molecule has 0 bridgehead atoms. The van der Waals surface area contributed by atoms with E-state index in [1.165, 1.54) is 31.0 Å². The molecule has 2 rings (SSSR count). The number of carboxylic acid groups (broad SMARTS) is 1. The normalized spacial score (nSPS) is 10.4. The van der Waals surface area contributed by atoms with Gasteiger partial charge >= 0.3 is 5.97 Å². The van der Waals surface area contributed by atoms with Gasteiger partial charge in [-0.1, -0.05) is 6.07 Å². The Kier molecular flexibility index (Phi) is 4.80. The van der Waals surface area contributed by atoms with Crippen molar-refractivity contribution in [3.8, 4) is 5.75 Å². The molecule has 0 spiro atoms. The van der Waals surface area contributed by atoms with Crippen LogP contribution < -0.4 is 4.74 Å². The molecule has 0 heterocycles. The highest BCUT2D eigenvalue weighted by molar-refractivity contribution is 7.98. The van der Waals surface area contributed by atoms with Crippen LogP contribution in [0.3, 0.4) is 0 Å². The van der Waals surface area contributed by atoms with Gasteiger partial charge < -0.3 is 9.84 Å². The summed E-state index contributed by atoms with van der Waals surface area (Å²) in [6, 6.07) is 8.47. The van der Waals surface area contributed by atoms with Crippen LogP contribution in [0.4, 0.5) is 8.78 Å². The molecule has 0 atom stereocenters. The summed E-state index contributed by atoms with van der Waals surface area (Å²) in [7, 11) is 1.40. The molecule has 0 saturated carbocycles. The SMILES string of the molecule is COc1ccc(CSc2ccc(F)c(F)c2)cc1C(=O)O. The van der Waals surface area contributed by atoms with Gasteiger partial charge in [0.05, 0.1) is 7.11 Å². The molecule has 0 aromatic heterocycles. The lowest BCUT2D eigenvalue weighted by molar-refractivity contribution is 0.0693. The Morgan fingerprint density at radius 2 is 1.95 bits per heavy atom. The zero-order chi connectivity index (χ0) is 15.4. The van der Waals surface area contributed by atoms with Gasteiger partial charge in [0.1, 0.15) is 11.3 Å². The van der Waals surface area contributed by atoms with Gasteiger partial charge in [0.2, 0.25) is 0 Å². The Balaban J connectivity index is 2.14. The number of hydrogen-bond acceptors (Lipinski definition) is 3. The molecule has 0 aliphatic heterocycles. The molecule has 0 amide bonds. The van der Waals surface area contributed by atoms with E-state index in [2.05, 4.69) is 0 Å². The summed E-state index contributed by atoms with van der Waals surface area (Å²) in [6.45, 7) is 0. The molecule has 1 N–H and O–H groups in total. The predicted molar refractivity (Wildman–Crippen MR) is 75.9 cm³/mol. The van der Waals surface area contributed by atoms with Crippen molar-refractivity contribution < 1.29 is 23.4 Å². The first-order valence-corrected chi connectivity index (χ1v) is 6.98. The van der Waals surface area contributed by atoms with E-state index in [9.17, 15) is 13.6 Å². The maximum absolute atomic E-state index is 13.1. The molecular weight excluding hydrogens is 298 g/mol. The van der Waals surface area contributed by atoms with Crippen molar-refractivity contribution in [3.63, 3.8) is 0 Å². The van der Waals surface area contributed by atoms with Gasteiger partial charge in [-0.05, 0) is 35.9 Å². The minimum Gasteiger partial charge on any atom is -0.496 e. The number of thioether (sulfide) groups is 1. The minimum absolute atomic E-state index is 0.0703. The molecule has 0 unspecified atom stereocenters. The second-order valence-electron chi connectivity index (χ2n) is 4.20. The highest BCUT2D eigenvalue weighted by atomic mass is 32.2. The summed E-state index contributed by atoms with van der Waals surface area (Å²) in [5, 5.41) is 9.10. The molecule has 3 nitrogen and oxygen atoms in total. The van der Waals surface area contributed by atoms with Crippen molar-refractivity contribution in [1.82, 2.24) is 0 Å². The second kappa shape index (κ2) is 6.58. The first-order chi connectivity index (χ1) is 10.0. The average molecular weight is 310 g/mol. The fourth-order valence-electron chi connectivity index (χ4n) is 1.75. The number of hydrogen-bond donors (Lipinski definition) is 1. The van der Waals surface area contributed by atoms with Crippen LogP contribution in [0.25, 0.3) is 0 Å². The largest absolute Gasteiger partial charge is 0.496 e. The quantitative estimate of drug-likeness (QED) is 0.849. The van der Waals surface area contributed by atoms with E-state index in [0.29, 0.717) is 10.6 Å². The topological polar surface area (TPSA) is 46.5 Å². The lowest BCUT2D eigenvalue weighted by Crippen LogP contribution is -2.01. The molecule has 0 radical (unpaired) electrons. The Labute approximate surface area is 124 Å². The van der Waals surface area contributed by atoms with Crippen molar-refractivity contribution in [2.75, 3.05) is 7.11 Å². The third-order valence-corrected chi connectivity index (χ3v) is 3.86. The summed E-state index contributed by atoms with van der Waals surface area (Å²) < 4.78 is 30.9. The standard InChI is InChI=1S/C15H12F2O3S/c1-20-14-5-2-9(6-11(14)15(18)19)8-21-10-3-4-12(16)13(17)7-10/h2-7H,8H2,1H3,(H,18,19). The molecule has 2 aromatic carbocycles. The highest BCUT2D eigenvalue weighted by Gasteiger charge is 2.12. The molecular formula is C15H12F2O3S. The predicted octanol–water partition coefficient (Wildman–Crippen LogP) is 3.96. The van der Waals surface area contributed by atoms with E-state index in [-0.39, 0.29) is 11.3 Å². The fourth-order valence-corrected chi connectivity index (χ4v) is 2.61. The van der Waals surface area contributed by atoms with Crippen molar-refractivity contribution in [3.05, 3.63) is 59.2 Å². The number of ether oxygens (including phenoxy) is 1. The van der Waals surface area contributed by atoms with Crippen LogP contribution in [0.2, 0.25) is 0 Å². The van der Waals surface area contributed by atoms with Crippen LogP contribution in [-0.2, 0) is 5.75 Å². The minimum atomic E-state index is -1.08. The molecule has 21 heavy (non-hydrogen) atoms. The van der Waals surface area contributed by atoms with Gasteiger partial charge in [0.15, 0.2) is 11.6 Å². The molecule has 0 aliphatic rings. The van der Waals surface area contributed by atoms with E-state index >= 15 is 0 Å². The summed E-state index contributed by atoms with van der Waals surface area (Å²) in [6.07, 6.45) is 0. The lowest BCUT2D eigenvalue weighted by Gasteiger charge is -2.08. The molecule has 2 aromatic rings. The molecule has 110 valence electrons. The first kappa shape index (κ1) is 15.3. The lowest BCUT2D eigenvalue weighted by atomic mass is 10.1. The number of methoxy groups -OCH3 is 1. The summed E-state index contributed by atoms with van der Waals surface area (Å²) >= 11 is 1.29. The zero-order valence-corrected chi connectivity index (χ0v) is 11.9. The second-order valence-corrected chi connectivity index (χ2v) is 5.25.